The van der Waals surface area contributed by atoms with E-state index in [0.29, 0.717) is 25.9 Å². The number of nitrogens with one attached hydrogen (secondary N) is 1. The summed E-state index contributed by atoms with van der Waals surface area (Å²) in [5.74, 6) is 0.504. The van der Waals surface area contributed by atoms with Gasteiger partial charge in [0.1, 0.15) is 0 Å². The molecule has 122 valence electrons. The Morgan fingerprint density at radius 3 is 2.64 bits per heavy atom. The summed E-state index contributed by atoms with van der Waals surface area (Å²) in [6.45, 7) is 3.92. The molecule has 0 radical (unpaired) electrons. The highest BCUT2D eigenvalue weighted by molar-refractivity contribution is 7.91. The van der Waals surface area contributed by atoms with E-state index >= 15 is 0 Å². The van der Waals surface area contributed by atoms with E-state index in [0.717, 1.165) is 12.1 Å². The summed E-state index contributed by atoms with van der Waals surface area (Å²) in [6.07, 6.45) is 1.08. The van der Waals surface area contributed by atoms with Crippen LogP contribution >= 0.6 is 0 Å². The van der Waals surface area contributed by atoms with Crippen LogP contribution in [0.15, 0.2) is 30.3 Å². The maximum absolute atomic E-state index is 11.9. The van der Waals surface area contributed by atoms with Crippen LogP contribution in [0, 0.1) is 0 Å². The van der Waals surface area contributed by atoms with Crippen LogP contribution in [-0.2, 0) is 21.2 Å². The molecular formula is C16H24N2O3S. The summed E-state index contributed by atoms with van der Waals surface area (Å²) in [7, 11) is -2.88. The third-order valence-corrected chi connectivity index (χ3v) is 5.84. The Morgan fingerprint density at radius 2 is 2.05 bits per heavy atom. The van der Waals surface area contributed by atoms with E-state index in [1.54, 1.807) is 0 Å². The monoisotopic (exact) mass is 324 g/mol. The maximum atomic E-state index is 11.9. The number of rotatable bonds is 7. The first-order chi connectivity index (χ1) is 10.5. The standard InChI is InChI=1S/C16H24N2O3S/c1-2-18(15-9-11-22(20,21)13-15)10-8-16(19)17-12-14-6-4-3-5-7-14/h3-7,15H,2,8-13H2,1H3,(H,17,19). The highest BCUT2D eigenvalue weighted by atomic mass is 32.2. The van der Waals surface area contributed by atoms with E-state index in [4.69, 9.17) is 0 Å². The van der Waals surface area contributed by atoms with E-state index in [1.165, 1.54) is 0 Å². The van der Waals surface area contributed by atoms with Crippen LogP contribution in [0.3, 0.4) is 0 Å². The van der Waals surface area contributed by atoms with Gasteiger partial charge in [-0.25, -0.2) is 8.42 Å². The molecule has 1 atom stereocenters. The van der Waals surface area contributed by atoms with Gasteiger partial charge in [0.05, 0.1) is 11.5 Å². The van der Waals surface area contributed by atoms with Crippen molar-refractivity contribution in [3.05, 3.63) is 35.9 Å². The number of carbonyl (C=O) groups is 1. The van der Waals surface area contributed by atoms with Crippen molar-refractivity contribution < 1.29 is 13.2 Å². The van der Waals surface area contributed by atoms with E-state index in [-0.39, 0.29) is 23.5 Å². The third-order valence-electron chi connectivity index (χ3n) is 4.09. The molecule has 1 unspecified atom stereocenters. The second-order valence-corrected chi connectivity index (χ2v) is 7.93. The Morgan fingerprint density at radius 1 is 1.32 bits per heavy atom. The zero-order chi connectivity index (χ0) is 16.0. The number of sulfone groups is 1. The van der Waals surface area contributed by atoms with Gasteiger partial charge in [0.2, 0.25) is 5.91 Å². The average Bonchev–Trinajstić information content (AvgIpc) is 2.87. The molecule has 1 heterocycles. The fourth-order valence-corrected chi connectivity index (χ4v) is 4.55. The number of amides is 1. The molecule has 1 aromatic rings. The smallest absolute Gasteiger partial charge is 0.221 e. The minimum absolute atomic E-state index is 0.00292. The molecule has 0 bridgehead atoms. The summed E-state index contributed by atoms with van der Waals surface area (Å²) in [4.78, 5) is 14.0. The second kappa shape index (κ2) is 7.74. The van der Waals surface area contributed by atoms with Crippen LogP contribution in [0.5, 0.6) is 0 Å². The topological polar surface area (TPSA) is 66.5 Å². The summed E-state index contributed by atoms with van der Waals surface area (Å²) in [5, 5.41) is 2.90. The fraction of sp³-hybridized carbons (Fsp3) is 0.562. The van der Waals surface area contributed by atoms with Crippen LogP contribution in [0.4, 0.5) is 0 Å². The van der Waals surface area contributed by atoms with Crippen LogP contribution in [0.2, 0.25) is 0 Å². The number of hydrogen-bond acceptors (Lipinski definition) is 4. The lowest BCUT2D eigenvalue weighted by molar-refractivity contribution is -0.121. The Kier molecular flexibility index (Phi) is 5.97. The first kappa shape index (κ1) is 17.0. The molecule has 1 aliphatic heterocycles. The van der Waals surface area contributed by atoms with E-state index < -0.39 is 9.84 Å². The SMILES string of the molecule is CCN(CCC(=O)NCc1ccccc1)C1CCS(=O)(=O)C1. The van der Waals surface area contributed by atoms with Gasteiger partial charge in [-0.2, -0.15) is 0 Å². The largest absolute Gasteiger partial charge is 0.352 e. The van der Waals surface area contributed by atoms with Crippen LogP contribution < -0.4 is 5.32 Å². The molecule has 1 amide bonds. The molecule has 1 fully saturated rings. The van der Waals surface area contributed by atoms with Crippen molar-refractivity contribution in [1.29, 1.82) is 0 Å². The molecule has 2 rings (SSSR count). The van der Waals surface area contributed by atoms with Crippen molar-refractivity contribution in [1.82, 2.24) is 10.2 Å². The quantitative estimate of drug-likeness (QED) is 0.818. The van der Waals surface area contributed by atoms with E-state index in [9.17, 15) is 13.2 Å². The van der Waals surface area contributed by atoms with Gasteiger partial charge in [0.25, 0.3) is 0 Å². The van der Waals surface area contributed by atoms with Crippen molar-refractivity contribution in [3.8, 4) is 0 Å². The number of nitrogens with zero attached hydrogens (tertiary/aromatic N) is 1. The first-order valence-electron chi connectivity index (χ1n) is 7.75. The molecule has 1 aliphatic rings. The van der Waals surface area contributed by atoms with Crippen molar-refractivity contribution in [2.45, 2.75) is 32.4 Å². The summed E-state index contributed by atoms with van der Waals surface area (Å²) in [6, 6.07) is 9.85. The second-order valence-electron chi connectivity index (χ2n) is 5.70. The molecule has 0 aliphatic carbocycles. The van der Waals surface area contributed by atoms with E-state index in [1.807, 2.05) is 37.3 Å². The summed E-state index contributed by atoms with van der Waals surface area (Å²) >= 11 is 0. The molecule has 1 saturated heterocycles. The molecule has 0 saturated carbocycles. The van der Waals surface area contributed by atoms with Crippen LogP contribution in [0.25, 0.3) is 0 Å². The lowest BCUT2D eigenvalue weighted by Crippen LogP contribution is -2.38. The van der Waals surface area contributed by atoms with Crippen LogP contribution in [-0.4, -0.2) is 49.9 Å². The van der Waals surface area contributed by atoms with Gasteiger partial charge in [-0.1, -0.05) is 37.3 Å². The Hall–Kier alpha value is -1.40. The summed E-state index contributed by atoms with van der Waals surface area (Å²) < 4.78 is 23.1. The highest BCUT2D eigenvalue weighted by Gasteiger charge is 2.31. The third kappa shape index (κ3) is 5.10. The molecule has 1 aromatic carbocycles. The predicted octanol–water partition coefficient (Wildman–Crippen LogP) is 1.20. The molecule has 5 nitrogen and oxygen atoms in total. The Bertz CT molecular complexity index is 587. The normalized spacial score (nSPS) is 20.2. The Balaban J connectivity index is 1.75. The van der Waals surface area contributed by atoms with Gasteiger partial charge in [0.15, 0.2) is 9.84 Å². The molecular weight excluding hydrogens is 300 g/mol. The lowest BCUT2D eigenvalue weighted by atomic mass is 10.2. The van der Waals surface area contributed by atoms with Gasteiger partial charge in [-0.05, 0) is 18.5 Å². The first-order valence-corrected chi connectivity index (χ1v) is 9.57. The molecule has 22 heavy (non-hydrogen) atoms. The van der Waals surface area contributed by atoms with Gasteiger partial charge >= 0.3 is 0 Å². The fourth-order valence-electron chi connectivity index (χ4n) is 2.79. The molecule has 1 N–H and O–H groups in total. The maximum Gasteiger partial charge on any atom is 0.221 e. The minimum Gasteiger partial charge on any atom is -0.352 e. The summed E-state index contributed by atoms with van der Waals surface area (Å²) in [5.41, 5.74) is 1.07. The lowest BCUT2D eigenvalue weighted by Gasteiger charge is -2.26. The average molecular weight is 324 g/mol. The zero-order valence-corrected chi connectivity index (χ0v) is 13.8. The minimum atomic E-state index is -2.88. The zero-order valence-electron chi connectivity index (χ0n) is 13.0. The molecule has 0 aromatic heterocycles. The van der Waals surface area contributed by atoms with Crippen LogP contribution in [0.1, 0.15) is 25.3 Å². The number of carbonyl (C=O) groups excluding carboxylic acids is 1. The van der Waals surface area contributed by atoms with Crippen molar-refractivity contribution in [2.75, 3.05) is 24.6 Å². The van der Waals surface area contributed by atoms with Crippen molar-refractivity contribution in [2.24, 2.45) is 0 Å². The highest BCUT2D eigenvalue weighted by Crippen LogP contribution is 2.17. The van der Waals surface area contributed by atoms with Gasteiger partial charge in [-0.15, -0.1) is 0 Å². The van der Waals surface area contributed by atoms with Gasteiger partial charge in [-0.3, -0.25) is 9.69 Å². The number of benzene rings is 1. The predicted molar refractivity (Wildman–Crippen MR) is 87.2 cm³/mol. The molecule has 6 heteroatoms. The number of hydrogen-bond donors (Lipinski definition) is 1. The Labute approximate surface area is 132 Å². The van der Waals surface area contributed by atoms with Crippen molar-refractivity contribution >= 4 is 15.7 Å². The van der Waals surface area contributed by atoms with E-state index in [2.05, 4.69) is 10.2 Å². The van der Waals surface area contributed by atoms with Gasteiger partial charge < -0.3 is 5.32 Å². The molecule has 0 spiro atoms. The van der Waals surface area contributed by atoms with Gasteiger partial charge in [0, 0.05) is 25.6 Å². The van der Waals surface area contributed by atoms with Crippen molar-refractivity contribution in [3.63, 3.8) is 0 Å².